The number of nitro groups is 1. The number of anilines is 1. The molecular weight excluding hydrogens is 246 g/mol. The summed E-state index contributed by atoms with van der Waals surface area (Å²) < 4.78 is 0. The van der Waals surface area contributed by atoms with Gasteiger partial charge in [0.25, 0.3) is 5.69 Å². The van der Waals surface area contributed by atoms with E-state index in [-0.39, 0.29) is 17.5 Å². The van der Waals surface area contributed by atoms with Crippen LogP contribution in [0.3, 0.4) is 0 Å². The van der Waals surface area contributed by atoms with Gasteiger partial charge in [0, 0.05) is 25.1 Å². The summed E-state index contributed by atoms with van der Waals surface area (Å²) in [7, 11) is 0. The molecule has 1 fully saturated rings. The van der Waals surface area contributed by atoms with E-state index in [1.54, 1.807) is 18.2 Å². The van der Waals surface area contributed by atoms with Crippen molar-refractivity contribution in [1.82, 2.24) is 5.32 Å². The quantitative estimate of drug-likeness (QED) is 0.466. The van der Waals surface area contributed by atoms with Gasteiger partial charge in [-0.3, -0.25) is 14.9 Å². The van der Waals surface area contributed by atoms with E-state index in [1.807, 2.05) is 0 Å². The number of hydrogen-bond donors (Lipinski definition) is 2. The van der Waals surface area contributed by atoms with Crippen molar-refractivity contribution in [3.8, 4) is 0 Å². The number of nitro benzene ring substituents is 1. The zero-order chi connectivity index (χ0) is 13.7. The van der Waals surface area contributed by atoms with Crippen molar-refractivity contribution in [2.75, 3.05) is 18.4 Å². The Morgan fingerprint density at radius 2 is 2.05 bits per heavy atom. The smallest absolute Gasteiger partial charge is 0.292 e. The highest BCUT2D eigenvalue weighted by Crippen LogP contribution is 2.26. The third kappa shape index (κ3) is 3.43. The Balaban J connectivity index is 1.76. The highest BCUT2D eigenvalue weighted by Gasteiger charge is 2.24. The van der Waals surface area contributed by atoms with Crippen molar-refractivity contribution in [3.05, 3.63) is 34.4 Å². The minimum Gasteiger partial charge on any atom is -0.378 e. The monoisotopic (exact) mass is 263 g/mol. The Bertz CT molecular complexity index is 472. The first-order valence-corrected chi connectivity index (χ1v) is 6.43. The molecule has 0 unspecified atom stereocenters. The second-order valence-electron chi connectivity index (χ2n) is 4.62. The summed E-state index contributed by atoms with van der Waals surface area (Å²) in [6, 6.07) is 6.48. The molecule has 0 atom stereocenters. The predicted molar refractivity (Wildman–Crippen MR) is 71.9 cm³/mol. The Labute approximate surface area is 111 Å². The number of nitrogens with zero attached hydrogens (tertiary/aromatic N) is 1. The number of benzene rings is 1. The topological polar surface area (TPSA) is 84.3 Å². The molecule has 19 heavy (non-hydrogen) atoms. The maximum atomic E-state index is 11.6. The number of carbonyl (C=O) groups excluding carboxylic acids is 1. The number of nitrogens with one attached hydrogen (secondary N) is 2. The molecule has 1 aromatic rings. The Morgan fingerprint density at radius 3 is 2.68 bits per heavy atom. The van der Waals surface area contributed by atoms with Gasteiger partial charge < -0.3 is 10.6 Å². The maximum absolute atomic E-state index is 11.6. The molecule has 1 saturated carbocycles. The zero-order valence-corrected chi connectivity index (χ0v) is 10.6. The zero-order valence-electron chi connectivity index (χ0n) is 10.6. The molecule has 6 nitrogen and oxygen atoms in total. The molecular formula is C13H17N3O3. The molecule has 0 radical (unpaired) electrons. The van der Waals surface area contributed by atoms with Gasteiger partial charge in [-0.2, -0.15) is 0 Å². The van der Waals surface area contributed by atoms with Gasteiger partial charge in [0.1, 0.15) is 5.69 Å². The van der Waals surface area contributed by atoms with Gasteiger partial charge in [-0.15, -0.1) is 0 Å². The molecule has 1 aromatic carbocycles. The molecule has 1 amide bonds. The number of hydrogen-bond acceptors (Lipinski definition) is 4. The minimum atomic E-state index is -0.421. The number of rotatable bonds is 6. The van der Waals surface area contributed by atoms with Crippen molar-refractivity contribution in [2.24, 2.45) is 5.92 Å². The van der Waals surface area contributed by atoms with Crippen LogP contribution in [0.25, 0.3) is 0 Å². The minimum absolute atomic E-state index is 0.0489. The highest BCUT2D eigenvalue weighted by atomic mass is 16.6. The Hall–Kier alpha value is -2.11. The summed E-state index contributed by atoms with van der Waals surface area (Å²) in [4.78, 5) is 21.9. The van der Waals surface area contributed by atoms with Crippen LogP contribution in [0.5, 0.6) is 0 Å². The van der Waals surface area contributed by atoms with Gasteiger partial charge >= 0.3 is 0 Å². The summed E-state index contributed by atoms with van der Waals surface area (Å²) in [5.74, 6) is 0.265. The van der Waals surface area contributed by atoms with Crippen molar-refractivity contribution >= 4 is 17.3 Å². The van der Waals surface area contributed by atoms with Gasteiger partial charge in [-0.05, 0) is 18.9 Å². The molecule has 0 saturated heterocycles. The van der Waals surface area contributed by atoms with Crippen LogP contribution in [0.2, 0.25) is 0 Å². The second-order valence-corrected chi connectivity index (χ2v) is 4.62. The SMILES string of the molecule is O=C(NCCNc1ccccc1[N+](=O)[O-])C1CCC1. The average molecular weight is 263 g/mol. The van der Waals surface area contributed by atoms with Crippen molar-refractivity contribution in [3.63, 3.8) is 0 Å². The molecule has 2 N–H and O–H groups in total. The molecule has 1 aliphatic rings. The summed E-state index contributed by atoms with van der Waals surface area (Å²) in [6.45, 7) is 0.949. The summed E-state index contributed by atoms with van der Waals surface area (Å²) in [6.07, 6.45) is 3.08. The van der Waals surface area contributed by atoms with Crippen molar-refractivity contribution < 1.29 is 9.72 Å². The molecule has 0 aliphatic heterocycles. The number of carbonyl (C=O) groups is 1. The second kappa shape index (κ2) is 6.17. The fourth-order valence-corrected chi connectivity index (χ4v) is 1.98. The molecule has 0 heterocycles. The van der Waals surface area contributed by atoms with E-state index in [0.717, 1.165) is 19.3 Å². The van der Waals surface area contributed by atoms with Gasteiger partial charge in [-0.1, -0.05) is 18.6 Å². The van der Waals surface area contributed by atoms with Crippen molar-refractivity contribution in [1.29, 1.82) is 0 Å². The van der Waals surface area contributed by atoms with Gasteiger partial charge in [0.05, 0.1) is 4.92 Å². The van der Waals surface area contributed by atoms with E-state index in [4.69, 9.17) is 0 Å². The molecule has 102 valence electrons. The summed E-state index contributed by atoms with van der Waals surface area (Å²) >= 11 is 0. The van der Waals surface area contributed by atoms with E-state index < -0.39 is 4.92 Å². The van der Waals surface area contributed by atoms with Crippen LogP contribution >= 0.6 is 0 Å². The lowest BCUT2D eigenvalue weighted by Gasteiger charge is -2.24. The lowest BCUT2D eigenvalue weighted by Crippen LogP contribution is -2.36. The summed E-state index contributed by atoms with van der Waals surface area (Å²) in [5.41, 5.74) is 0.526. The average Bonchev–Trinajstić information content (AvgIpc) is 2.33. The molecule has 0 bridgehead atoms. The Morgan fingerprint density at radius 1 is 1.32 bits per heavy atom. The number of para-hydroxylation sites is 2. The lowest BCUT2D eigenvalue weighted by atomic mass is 9.85. The van der Waals surface area contributed by atoms with Crippen LogP contribution in [0, 0.1) is 16.0 Å². The first-order valence-electron chi connectivity index (χ1n) is 6.43. The van der Waals surface area contributed by atoms with Crippen LogP contribution in [0.4, 0.5) is 11.4 Å². The maximum Gasteiger partial charge on any atom is 0.292 e. The fourth-order valence-electron chi connectivity index (χ4n) is 1.98. The van der Waals surface area contributed by atoms with Gasteiger partial charge in [0.2, 0.25) is 5.91 Å². The highest BCUT2D eigenvalue weighted by molar-refractivity contribution is 5.79. The fraction of sp³-hybridized carbons (Fsp3) is 0.462. The van der Waals surface area contributed by atoms with E-state index >= 15 is 0 Å². The Kier molecular flexibility index (Phi) is 4.33. The van der Waals surface area contributed by atoms with Crippen LogP contribution in [-0.2, 0) is 4.79 Å². The first kappa shape index (κ1) is 13.3. The van der Waals surface area contributed by atoms with Crippen LogP contribution < -0.4 is 10.6 Å². The van der Waals surface area contributed by atoms with E-state index in [0.29, 0.717) is 18.8 Å². The van der Waals surface area contributed by atoms with Crippen LogP contribution in [-0.4, -0.2) is 23.9 Å². The van der Waals surface area contributed by atoms with Crippen LogP contribution in [0.1, 0.15) is 19.3 Å². The van der Waals surface area contributed by atoms with Crippen LogP contribution in [0.15, 0.2) is 24.3 Å². The molecule has 2 rings (SSSR count). The van der Waals surface area contributed by atoms with E-state index in [9.17, 15) is 14.9 Å². The normalized spacial score (nSPS) is 14.5. The number of amides is 1. The van der Waals surface area contributed by atoms with Gasteiger partial charge in [0.15, 0.2) is 0 Å². The van der Waals surface area contributed by atoms with E-state index in [2.05, 4.69) is 10.6 Å². The standard InChI is InChI=1S/C13H17N3O3/c17-13(10-4-3-5-10)15-9-8-14-11-6-1-2-7-12(11)16(18)19/h1-2,6-7,10,14H,3-5,8-9H2,(H,15,17). The molecule has 1 aliphatic carbocycles. The largest absolute Gasteiger partial charge is 0.378 e. The lowest BCUT2D eigenvalue weighted by molar-refractivity contribution is -0.384. The molecule has 0 spiro atoms. The third-order valence-electron chi connectivity index (χ3n) is 3.32. The predicted octanol–water partition coefficient (Wildman–Crippen LogP) is 1.92. The molecule has 0 aromatic heterocycles. The molecule has 6 heteroatoms. The van der Waals surface area contributed by atoms with Crippen molar-refractivity contribution in [2.45, 2.75) is 19.3 Å². The van der Waals surface area contributed by atoms with E-state index in [1.165, 1.54) is 6.07 Å². The first-order chi connectivity index (χ1) is 9.18. The van der Waals surface area contributed by atoms with Gasteiger partial charge in [-0.25, -0.2) is 0 Å². The summed E-state index contributed by atoms with van der Waals surface area (Å²) in [5, 5.41) is 16.6. The third-order valence-corrected chi connectivity index (χ3v) is 3.32.